The Morgan fingerprint density at radius 2 is 1.74 bits per heavy atom. The maximum Gasteiger partial charge on any atom is 0.255 e. The molecule has 43 heavy (non-hydrogen) atoms. The van der Waals surface area contributed by atoms with Crippen LogP contribution in [-0.2, 0) is 10.0 Å². The molecule has 0 saturated carbocycles. The lowest BCUT2D eigenvalue weighted by atomic mass is 9.98. The Labute approximate surface area is 253 Å². The number of carbonyl (C=O) groups is 1. The van der Waals surface area contributed by atoms with E-state index in [1.165, 1.54) is 11.4 Å². The van der Waals surface area contributed by atoms with Gasteiger partial charge in [-0.15, -0.1) is 11.3 Å². The number of methoxy groups -OCH3 is 1. The van der Waals surface area contributed by atoms with Gasteiger partial charge < -0.3 is 14.5 Å². The van der Waals surface area contributed by atoms with Crippen molar-refractivity contribution in [3.8, 4) is 38.8 Å². The van der Waals surface area contributed by atoms with E-state index >= 15 is 0 Å². The molecule has 1 amide bonds. The highest BCUT2D eigenvalue weighted by molar-refractivity contribution is 7.92. The number of pyridine rings is 1. The second-order valence-electron chi connectivity index (χ2n) is 10.3. The van der Waals surface area contributed by atoms with Gasteiger partial charge in [0.15, 0.2) is 0 Å². The summed E-state index contributed by atoms with van der Waals surface area (Å²) in [7, 11) is 0.972. The third kappa shape index (κ3) is 5.13. The Hall–Kier alpha value is -4.67. The summed E-state index contributed by atoms with van der Waals surface area (Å²) in [6, 6.07) is 23.3. The van der Waals surface area contributed by atoms with Gasteiger partial charge in [-0.2, -0.15) is 0 Å². The number of benzene rings is 3. The summed E-state index contributed by atoms with van der Waals surface area (Å²) in [6.07, 6.45) is 2.79. The van der Waals surface area contributed by atoms with Gasteiger partial charge in [0.05, 0.1) is 30.2 Å². The maximum absolute atomic E-state index is 13.3. The minimum absolute atomic E-state index is 0.316. The number of anilines is 1. The third-order valence-electron chi connectivity index (χ3n) is 7.46. The summed E-state index contributed by atoms with van der Waals surface area (Å²) in [5.74, 6) is 0.534. The van der Waals surface area contributed by atoms with E-state index in [2.05, 4.69) is 28.5 Å². The topological polar surface area (TPSA) is 102 Å². The predicted molar refractivity (Wildman–Crippen MR) is 174 cm³/mol. The van der Waals surface area contributed by atoms with Crippen molar-refractivity contribution in [3.63, 3.8) is 0 Å². The average Bonchev–Trinajstić information content (AvgIpc) is 3.61. The number of thiophene rings is 1. The molecule has 0 aliphatic rings. The number of rotatable bonds is 7. The quantitative estimate of drug-likeness (QED) is 0.206. The monoisotopic (exact) mass is 611 g/mol. The average molecular weight is 612 g/mol. The summed E-state index contributed by atoms with van der Waals surface area (Å²) < 4.78 is 39.9. The van der Waals surface area contributed by atoms with Gasteiger partial charge >= 0.3 is 0 Å². The number of furan rings is 1. The summed E-state index contributed by atoms with van der Waals surface area (Å²) in [4.78, 5) is 18.9. The molecule has 10 heteroatoms. The molecule has 0 spiro atoms. The van der Waals surface area contributed by atoms with Crippen LogP contribution in [0.25, 0.3) is 53.9 Å². The number of hydrogen-bond acceptors (Lipinski definition) is 7. The van der Waals surface area contributed by atoms with Crippen LogP contribution in [0.5, 0.6) is 5.88 Å². The number of fused-ring (bicyclic) bond motifs is 2. The molecule has 0 aliphatic carbocycles. The van der Waals surface area contributed by atoms with Crippen molar-refractivity contribution >= 4 is 54.0 Å². The Balaban J connectivity index is 1.64. The van der Waals surface area contributed by atoms with E-state index in [1.54, 1.807) is 43.8 Å². The van der Waals surface area contributed by atoms with Crippen molar-refractivity contribution in [1.29, 1.82) is 0 Å². The molecule has 1 N–H and O–H groups in total. The van der Waals surface area contributed by atoms with Crippen LogP contribution < -0.4 is 14.4 Å². The number of carbonyl (C=O) groups excluding carboxylic acids is 1. The molecule has 0 saturated heterocycles. The van der Waals surface area contributed by atoms with Gasteiger partial charge in [0, 0.05) is 58.0 Å². The van der Waals surface area contributed by atoms with Gasteiger partial charge in [-0.25, -0.2) is 13.4 Å². The van der Waals surface area contributed by atoms with E-state index in [1.807, 2.05) is 49.4 Å². The van der Waals surface area contributed by atoms with Crippen molar-refractivity contribution in [1.82, 2.24) is 10.3 Å². The first-order valence-corrected chi connectivity index (χ1v) is 16.1. The highest BCUT2D eigenvalue weighted by Gasteiger charge is 2.26. The smallest absolute Gasteiger partial charge is 0.255 e. The lowest BCUT2D eigenvalue weighted by molar-refractivity contribution is 0.0964. The Bertz CT molecular complexity index is 2100. The Morgan fingerprint density at radius 1 is 1.00 bits per heavy atom. The molecule has 6 rings (SSSR count). The number of hydrogen-bond donors (Lipinski definition) is 1. The summed E-state index contributed by atoms with van der Waals surface area (Å²) >= 11 is 1.62. The minimum Gasteiger partial charge on any atom is -0.481 e. The van der Waals surface area contributed by atoms with E-state index in [4.69, 9.17) is 9.15 Å². The van der Waals surface area contributed by atoms with Gasteiger partial charge in [-0.05, 0) is 36.6 Å². The molecule has 0 atom stereocenters. The van der Waals surface area contributed by atoms with E-state index in [0.717, 1.165) is 37.9 Å². The van der Waals surface area contributed by atoms with Crippen LogP contribution in [0.3, 0.4) is 0 Å². The molecule has 6 aromatic rings. The van der Waals surface area contributed by atoms with Gasteiger partial charge in [0.25, 0.3) is 5.91 Å². The normalized spacial score (nSPS) is 11.7. The number of amides is 1. The van der Waals surface area contributed by atoms with Crippen LogP contribution in [0.1, 0.15) is 15.9 Å². The van der Waals surface area contributed by atoms with Crippen LogP contribution >= 0.6 is 11.3 Å². The van der Waals surface area contributed by atoms with Crippen LogP contribution in [-0.4, -0.2) is 46.8 Å². The number of nitrogens with one attached hydrogen (secondary N) is 1. The predicted octanol–water partition coefficient (Wildman–Crippen LogP) is 7.12. The molecular weight excluding hydrogens is 583 g/mol. The van der Waals surface area contributed by atoms with Crippen LogP contribution in [0, 0.1) is 6.92 Å². The van der Waals surface area contributed by atoms with E-state index in [-0.39, 0.29) is 5.91 Å². The Morgan fingerprint density at radius 3 is 2.42 bits per heavy atom. The second kappa shape index (κ2) is 10.9. The second-order valence-corrected chi connectivity index (χ2v) is 13.4. The molecule has 3 aromatic heterocycles. The summed E-state index contributed by atoms with van der Waals surface area (Å²) in [5, 5.41) is 4.38. The number of aryl methyl sites for hydroxylation is 1. The first-order chi connectivity index (χ1) is 20.6. The van der Waals surface area contributed by atoms with Crippen molar-refractivity contribution in [3.05, 3.63) is 90.1 Å². The molecule has 8 nitrogen and oxygen atoms in total. The van der Waals surface area contributed by atoms with Crippen molar-refractivity contribution in [2.24, 2.45) is 0 Å². The fraction of sp³-hybridized carbons (Fsp3) is 0.152. The van der Waals surface area contributed by atoms with E-state index in [9.17, 15) is 13.2 Å². The molecule has 0 fully saturated rings. The number of nitrogens with zero attached hydrogens (tertiary/aromatic N) is 2. The molecule has 3 heterocycles. The molecule has 3 aromatic carbocycles. The van der Waals surface area contributed by atoms with Crippen LogP contribution in [0.15, 0.2) is 83.4 Å². The zero-order chi connectivity index (χ0) is 30.5. The third-order valence-corrected chi connectivity index (χ3v) is 9.80. The largest absolute Gasteiger partial charge is 0.481 e. The van der Waals surface area contributed by atoms with Crippen molar-refractivity contribution in [2.45, 2.75) is 6.92 Å². The molecule has 0 radical (unpaired) electrons. The van der Waals surface area contributed by atoms with Gasteiger partial charge in [-0.3, -0.25) is 9.10 Å². The lowest BCUT2D eigenvalue weighted by Crippen LogP contribution is -2.25. The SMILES string of the molecule is CNC(=O)c1c(-c2ccc(C)cc2)oc2cc(N(C)S(C)(=O)=O)c(-c3cnc(OC)c(-c4cc5ccccc5s4)c3)cc12. The maximum atomic E-state index is 13.3. The van der Waals surface area contributed by atoms with Gasteiger partial charge in [0.1, 0.15) is 11.3 Å². The van der Waals surface area contributed by atoms with E-state index < -0.39 is 10.0 Å². The molecular formula is C33H29N3O5S2. The highest BCUT2D eigenvalue weighted by atomic mass is 32.2. The molecule has 0 aliphatic heterocycles. The van der Waals surface area contributed by atoms with Gasteiger partial charge in [-0.1, -0.05) is 48.0 Å². The first-order valence-electron chi connectivity index (χ1n) is 13.5. The zero-order valence-corrected chi connectivity index (χ0v) is 25.9. The fourth-order valence-corrected chi connectivity index (χ4v) is 6.69. The lowest BCUT2D eigenvalue weighted by Gasteiger charge is -2.21. The van der Waals surface area contributed by atoms with Gasteiger partial charge in [0.2, 0.25) is 15.9 Å². The van der Waals surface area contributed by atoms with Crippen molar-refractivity contribution < 1.29 is 22.4 Å². The number of sulfonamides is 1. The fourth-order valence-electron chi connectivity index (χ4n) is 5.11. The molecule has 218 valence electrons. The first kappa shape index (κ1) is 28.4. The standard InChI is InChI=1S/C33H29N3O5S2/c1-19-10-12-20(13-11-19)31-30(32(37)34-2)24-16-23(26(17-27(24)41-31)36(3)43(5,38)39)22-14-25(33(40-4)35-18-22)29-15-21-8-6-7-9-28(21)42-29/h6-18H,1-5H3,(H,34,37). The Kier molecular flexibility index (Phi) is 7.19. The summed E-state index contributed by atoms with van der Waals surface area (Å²) in [6.45, 7) is 1.98. The van der Waals surface area contributed by atoms with Crippen LogP contribution in [0.2, 0.25) is 0 Å². The molecule has 0 unspecified atom stereocenters. The van der Waals surface area contributed by atoms with Crippen molar-refractivity contribution in [2.75, 3.05) is 31.8 Å². The highest BCUT2D eigenvalue weighted by Crippen LogP contribution is 2.44. The number of ether oxygens (including phenoxy) is 1. The van der Waals surface area contributed by atoms with E-state index in [0.29, 0.717) is 45.0 Å². The summed E-state index contributed by atoms with van der Waals surface area (Å²) in [5.41, 5.74) is 4.93. The number of aromatic nitrogens is 1. The molecule has 0 bridgehead atoms. The zero-order valence-electron chi connectivity index (χ0n) is 24.3. The minimum atomic E-state index is -3.66. The van der Waals surface area contributed by atoms with Crippen LogP contribution in [0.4, 0.5) is 5.69 Å².